The van der Waals surface area contributed by atoms with Crippen LogP contribution in [0.25, 0.3) is 0 Å². The third kappa shape index (κ3) is 3.51. The number of hydrogen-bond donors (Lipinski definition) is 0. The lowest BCUT2D eigenvalue weighted by Gasteiger charge is -2.16. The molecule has 0 N–H and O–H groups in total. The Morgan fingerprint density at radius 3 is 2.47 bits per heavy atom. The lowest BCUT2D eigenvalue weighted by atomic mass is 10.2. The Balaban J connectivity index is 1.93. The molecule has 1 aromatic heterocycles. The molecule has 2 rings (SSSR count). The summed E-state index contributed by atoms with van der Waals surface area (Å²) in [6.45, 7) is 0.497. The Bertz CT molecular complexity index is 461. The molecule has 1 heterocycles. The molecule has 0 aliphatic rings. The van der Waals surface area contributed by atoms with Gasteiger partial charge in [0, 0.05) is 19.4 Å². The Morgan fingerprint density at radius 1 is 1.18 bits per heavy atom. The van der Waals surface area contributed by atoms with E-state index in [4.69, 9.17) is 4.84 Å². The van der Waals surface area contributed by atoms with Gasteiger partial charge in [0.25, 0.3) is 0 Å². The highest BCUT2D eigenvalue weighted by molar-refractivity contribution is 9.10. The summed E-state index contributed by atoms with van der Waals surface area (Å²) < 4.78 is 0.845. The molecule has 0 atom stereocenters. The highest BCUT2D eigenvalue weighted by Crippen LogP contribution is 2.11. The normalized spacial score (nSPS) is 10.2. The summed E-state index contributed by atoms with van der Waals surface area (Å²) in [5.41, 5.74) is 1.11. The fraction of sp³-hybridized carbons (Fsp3) is 0.167. The van der Waals surface area contributed by atoms with Crippen LogP contribution in [-0.2, 0) is 11.4 Å². The van der Waals surface area contributed by atoms with Crippen molar-refractivity contribution in [3.63, 3.8) is 0 Å². The first kappa shape index (κ1) is 12.0. The molecule has 0 saturated heterocycles. The average Bonchev–Trinajstić information content (AvgIpc) is 2.38. The summed E-state index contributed by atoms with van der Waals surface area (Å²) in [4.78, 5) is 13.8. The number of anilines is 1. The maximum absolute atomic E-state index is 5.55. The van der Waals surface area contributed by atoms with E-state index in [-0.39, 0.29) is 0 Å². The fourth-order valence-electron chi connectivity index (χ4n) is 1.27. The van der Waals surface area contributed by atoms with Crippen LogP contribution in [0.15, 0.2) is 47.2 Å². The van der Waals surface area contributed by atoms with Gasteiger partial charge in [0.1, 0.15) is 6.61 Å². The summed E-state index contributed by atoms with van der Waals surface area (Å²) in [6, 6.07) is 9.96. The SMILES string of the molecule is CN(OCc1ccccc1)c1ncc(Br)cn1. The molecule has 0 spiro atoms. The van der Waals surface area contributed by atoms with Gasteiger partial charge in [-0.1, -0.05) is 30.3 Å². The first-order valence-corrected chi connectivity index (χ1v) is 5.93. The summed E-state index contributed by atoms with van der Waals surface area (Å²) in [7, 11) is 1.78. The van der Waals surface area contributed by atoms with Crippen molar-refractivity contribution in [2.24, 2.45) is 0 Å². The van der Waals surface area contributed by atoms with E-state index < -0.39 is 0 Å². The van der Waals surface area contributed by atoms with Gasteiger partial charge < -0.3 is 0 Å². The number of benzene rings is 1. The predicted molar refractivity (Wildman–Crippen MR) is 69.4 cm³/mol. The Hall–Kier alpha value is -1.46. The molecule has 4 nitrogen and oxygen atoms in total. The third-order valence-electron chi connectivity index (χ3n) is 2.16. The minimum Gasteiger partial charge on any atom is -0.266 e. The van der Waals surface area contributed by atoms with Crippen LogP contribution < -0.4 is 5.06 Å². The monoisotopic (exact) mass is 293 g/mol. The first-order valence-electron chi connectivity index (χ1n) is 5.14. The van der Waals surface area contributed by atoms with Gasteiger partial charge in [-0.05, 0) is 21.5 Å². The summed E-state index contributed by atoms with van der Waals surface area (Å²) in [5.74, 6) is 0.532. The lowest BCUT2D eigenvalue weighted by Crippen LogP contribution is -2.19. The van der Waals surface area contributed by atoms with Crippen LogP contribution in [0.3, 0.4) is 0 Å². The number of hydrogen-bond acceptors (Lipinski definition) is 4. The van der Waals surface area contributed by atoms with Gasteiger partial charge in [0.05, 0.1) is 4.47 Å². The summed E-state index contributed by atoms with van der Waals surface area (Å²) >= 11 is 3.29. The molecule has 0 fully saturated rings. The van der Waals surface area contributed by atoms with E-state index in [9.17, 15) is 0 Å². The summed E-state index contributed by atoms with van der Waals surface area (Å²) in [5, 5.41) is 1.56. The molecular formula is C12H12BrN3O. The highest BCUT2D eigenvalue weighted by atomic mass is 79.9. The first-order chi connectivity index (χ1) is 8.25. The molecule has 17 heavy (non-hydrogen) atoms. The second-order valence-electron chi connectivity index (χ2n) is 3.46. The third-order valence-corrected chi connectivity index (χ3v) is 2.57. The van der Waals surface area contributed by atoms with E-state index >= 15 is 0 Å². The number of aromatic nitrogens is 2. The van der Waals surface area contributed by atoms with E-state index in [0.29, 0.717) is 12.6 Å². The highest BCUT2D eigenvalue weighted by Gasteiger charge is 2.04. The van der Waals surface area contributed by atoms with Gasteiger partial charge in [-0.3, -0.25) is 4.84 Å². The van der Waals surface area contributed by atoms with Crippen molar-refractivity contribution in [3.05, 3.63) is 52.8 Å². The number of rotatable bonds is 4. The zero-order valence-corrected chi connectivity index (χ0v) is 11.0. The molecule has 0 bridgehead atoms. The van der Waals surface area contributed by atoms with Crippen LogP contribution in [0.4, 0.5) is 5.95 Å². The standard InChI is InChI=1S/C12H12BrN3O/c1-16(12-14-7-11(13)8-15-12)17-9-10-5-3-2-4-6-10/h2-8H,9H2,1H3. The Kier molecular flexibility index (Phi) is 4.06. The second kappa shape index (κ2) is 5.75. The Labute approximate surface area is 108 Å². The molecule has 0 radical (unpaired) electrons. The second-order valence-corrected chi connectivity index (χ2v) is 4.37. The van der Waals surface area contributed by atoms with Crippen molar-refractivity contribution >= 4 is 21.9 Å². The molecular weight excluding hydrogens is 282 g/mol. The molecule has 0 aliphatic carbocycles. The minimum absolute atomic E-state index is 0.497. The molecule has 88 valence electrons. The number of halogens is 1. The van der Waals surface area contributed by atoms with Crippen LogP contribution in [0.2, 0.25) is 0 Å². The minimum atomic E-state index is 0.497. The molecule has 0 amide bonds. The van der Waals surface area contributed by atoms with Crippen molar-refractivity contribution in [3.8, 4) is 0 Å². The fourth-order valence-corrected chi connectivity index (χ4v) is 1.48. The van der Waals surface area contributed by atoms with E-state index in [1.165, 1.54) is 0 Å². The molecule has 1 aromatic carbocycles. The smallest absolute Gasteiger partial charge is 0.249 e. The Morgan fingerprint density at radius 2 is 1.82 bits per heavy atom. The van der Waals surface area contributed by atoms with Crippen molar-refractivity contribution in [1.29, 1.82) is 0 Å². The van der Waals surface area contributed by atoms with Crippen LogP contribution in [0.5, 0.6) is 0 Å². The average molecular weight is 294 g/mol. The van der Waals surface area contributed by atoms with Gasteiger partial charge in [-0.25, -0.2) is 15.0 Å². The topological polar surface area (TPSA) is 38.2 Å². The van der Waals surface area contributed by atoms with E-state index in [1.807, 2.05) is 30.3 Å². The maximum Gasteiger partial charge on any atom is 0.249 e. The molecule has 5 heteroatoms. The van der Waals surface area contributed by atoms with Crippen LogP contribution in [-0.4, -0.2) is 17.0 Å². The van der Waals surface area contributed by atoms with Gasteiger partial charge >= 0.3 is 0 Å². The van der Waals surface area contributed by atoms with Gasteiger partial charge in [-0.2, -0.15) is 0 Å². The van der Waals surface area contributed by atoms with E-state index in [2.05, 4.69) is 25.9 Å². The lowest BCUT2D eigenvalue weighted by molar-refractivity contribution is 0.104. The van der Waals surface area contributed by atoms with Crippen molar-refractivity contribution in [2.75, 3.05) is 12.1 Å². The zero-order valence-electron chi connectivity index (χ0n) is 9.38. The quantitative estimate of drug-likeness (QED) is 0.813. The van der Waals surface area contributed by atoms with Crippen molar-refractivity contribution in [1.82, 2.24) is 9.97 Å². The predicted octanol–water partition coefficient (Wildman–Crippen LogP) is 2.81. The summed E-state index contributed by atoms with van der Waals surface area (Å²) in [6.07, 6.45) is 3.37. The van der Waals surface area contributed by atoms with Crippen LogP contribution in [0, 0.1) is 0 Å². The molecule has 0 saturated carbocycles. The zero-order chi connectivity index (χ0) is 12.1. The van der Waals surface area contributed by atoms with Gasteiger partial charge in [0.15, 0.2) is 0 Å². The molecule has 0 unspecified atom stereocenters. The van der Waals surface area contributed by atoms with E-state index in [0.717, 1.165) is 10.0 Å². The van der Waals surface area contributed by atoms with Crippen molar-refractivity contribution < 1.29 is 4.84 Å². The maximum atomic E-state index is 5.55. The molecule has 0 aliphatic heterocycles. The van der Waals surface area contributed by atoms with Crippen LogP contribution in [0.1, 0.15) is 5.56 Å². The van der Waals surface area contributed by atoms with Gasteiger partial charge in [-0.15, -0.1) is 0 Å². The largest absolute Gasteiger partial charge is 0.266 e. The van der Waals surface area contributed by atoms with E-state index in [1.54, 1.807) is 24.5 Å². The number of nitrogens with zero attached hydrogens (tertiary/aromatic N) is 3. The number of hydroxylamine groups is 1. The molecule has 2 aromatic rings. The van der Waals surface area contributed by atoms with Crippen LogP contribution >= 0.6 is 15.9 Å². The van der Waals surface area contributed by atoms with Crippen molar-refractivity contribution in [2.45, 2.75) is 6.61 Å². The van der Waals surface area contributed by atoms with Gasteiger partial charge in [0.2, 0.25) is 5.95 Å².